The molecule has 0 radical (unpaired) electrons. The van der Waals surface area contributed by atoms with Gasteiger partial charge in [0.2, 0.25) is 11.2 Å². The van der Waals surface area contributed by atoms with E-state index >= 15 is 0 Å². The third-order valence-corrected chi connectivity index (χ3v) is 3.57. The van der Waals surface area contributed by atoms with Crippen molar-refractivity contribution in [3.63, 3.8) is 0 Å². The SMILES string of the molecule is O=COCCc1oc2ccccc2c(=O)c1OCc1ccccc1. The fourth-order valence-corrected chi connectivity index (χ4v) is 2.41. The van der Waals surface area contributed by atoms with Gasteiger partial charge in [0.25, 0.3) is 6.47 Å². The van der Waals surface area contributed by atoms with Crippen LogP contribution in [-0.4, -0.2) is 13.1 Å². The highest BCUT2D eigenvalue weighted by Gasteiger charge is 2.16. The number of carbonyl (C=O) groups excluding carboxylic acids is 1. The maximum atomic E-state index is 12.7. The Morgan fingerprint density at radius 2 is 1.75 bits per heavy atom. The van der Waals surface area contributed by atoms with Gasteiger partial charge >= 0.3 is 0 Å². The molecule has 5 nitrogen and oxygen atoms in total. The van der Waals surface area contributed by atoms with E-state index in [-0.39, 0.29) is 30.8 Å². The number of fused-ring (bicyclic) bond motifs is 1. The lowest BCUT2D eigenvalue weighted by Gasteiger charge is -2.11. The Bertz CT molecular complexity index is 883. The van der Waals surface area contributed by atoms with Crippen LogP contribution >= 0.6 is 0 Å². The van der Waals surface area contributed by atoms with E-state index in [0.29, 0.717) is 23.2 Å². The maximum Gasteiger partial charge on any atom is 0.293 e. The standard InChI is InChI=1S/C19H16O5/c20-13-22-11-10-17-19(23-12-14-6-2-1-3-7-14)18(21)15-8-4-5-9-16(15)24-17/h1-9,13H,10-12H2. The molecular weight excluding hydrogens is 308 g/mol. The van der Waals surface area contributed by atoms with Gasteiger partial charge in [-0.1, -0.05) is 42.5 Å². The van der Waals surface area contributed by atoms with Crippen molar-refractivity contribution in [1.29, 1.82) is 0 Å². The first-order valence-corrected chi connectivity index (χ1v) is 7.56. The topological polar surface area (TPSA) is 65.7 Å². The van der Waals surface area contributed by atoms with E-state index in [1.165, 1.54) is 0 Å². The minimum absolute atomic E-state index is 0.118. The molecule has 0 atom stereocenters. The van der Waals surface area contributed by atoms with Crippen LogP contribution in [0.2, 0.25) is 0 Å². The number of para-hydroxylation sites is 1. The van der Waals surface area contributed by atoms with Gasteiger partial charge < -0.3 is 13.9 Å². The van der Waals surface area contributed by atoms with Gasteiger partial charge in [-0.05, 0) is 17.7 Å². The van der Waals surface area contributed by atoms with Crippen LogP contribution in [0.4, 0.5) is 0 Å². The number of benzene rings is 2. The maximum absolute atomic E-state index is 12.7. The van der Waals surface area contributed by atoms with Gasteiger partial charge in [0.15, 0.2) is 5.76 Å². The Kier molecular flexibility index (Phi) is 4.91. The molecule has 1 heterocycles. The molecule has 0 spiro atoms. The highest BCUT2D eigenvalue weighted by atomic mass is 16.5. The highest BCUT2D eigenvalue weighted by Crippen LogP contribution is 2.22. The first-order chi connectivity index (χ1) is 11.8. The number of hydrogen-bond donors (Lipinski definition) is 0. The van der Waals surface area contributed by atoms with Crippen molar-refractivity contribution < 1.29 is 18.7 Å². The average molecular weight is 324 g/mol. The van der Waals surface area contributed by atoms with Gasteiger partial charge in [-0.2, -0.15) is 0 Å². The molecule has 0 fully saturated rings. The Morgan fingerprint density at radius 3 is 2.54 bits per heavy atom. The summed E-state index contributed by atoms with van der Waals surface area (Å²) in [7, 11) is 0. The fraction of sp³-hybridized carbons (Fsp3) is 0.158. The summed E-state index contributed by atoms with van der Waals surface area (Å²) < 4.78 is 16.2. The van der Waals surface area contributed by atoms with Crippen LogP contribution in [0.3, 0.4) is 0 Å². The molecule has 0 aliphatic rings. The quantitative estimate of drug-likeness (QED) is 0.493. The number of hydrogen-bond acceptors (Lipinski definition) is 5. The summed E-state index contributed by atoms with van der Waals surface area (Å²) >= 11 is 0. The lowest BCUT2D eigenvalue weighted by Crippen LogP contribution is -2.13. The molecule has 0 saturated carbocycles. The molecule has 2 aromatic carbocycles. The molecule has 0 aliphatic carbocycles. The average Bonchev–Trinajstić information content (AvgIpc) is 2.62. The second kappa shape index (κ2) is 7.46. The van der Waals surface area contributed by atoms with E-state index in [2.05, 4.69) is 0 Å². The predicted molar refractivity (Wildman–Crippen MR) is 89.0 cm³/mol. The summed E-state index contributed by atoms with van der Waals surface area (Å²) in [5.74, 6) is 0.531. The van der Waals surface area contributed by atoms with Crippen LogP contribution < -0.4 is 10.2 Å². The molecule has 0 bridgehead atoms. The van der Waals surface area contributed by atoms with Crippen LogP contribution in [0.25, 0.3) is 11.0 Å². The molecule has 1 aromatic heterocycles. The van der Waals surface area contributed by atoms with Crippen molar-refractivity contribution in [2.24, 2.45) is 0 Å². The predicted octanol–water partition coefficient (Wildman–Crippen LogP) is 3.09. The normalized spacial score (nSPS) is 10.5. The Labute approximate surface area is 138 Å². The Balaban J connectivity index is 1.95. The summed E-state index contributed by atoms with van der Waals surface area (Å²) in [4.78, 5) is 23.0. The minimum Gasteiger partial charge on any atom is -0.482 e. The molecule has 0 amide bonds. The Morgan fingerprint density at radius 1 is 1.00 bits per heavy atom. The zero-order valence-electron chi connectivity index (χ0n) is 12.9. The minimum atomic E-state index is -0.228. The second-order valence-corrected chi connectivity index (χ2v) is 5.17. The van der Waals surface area contributed by atoms with E-state index < -0.39 is 0 Å². The molecular formula is C19H16O5. The second-order valence-electron chi connectivity index (χ2n) is 5.17. The van der Waals surface area contributed by atoms with Gasteiger partial charge in [0, 0.05) is 6.42 Å². The van der Waals surface area contributed by atoms with Crippen molar-refractivity contribution in [3.05, 3.63) is 76.1 Å². The number of carbonyl (C=O) groups is 1. The molecule has 122 valence electrons. The van der Waals surface area contributed by atoms with Crippen molar-refractivity contribution in [3.8, 4) is 5.75 Å². The van der Waals surface area contributed by atoms with E-state index in [4.69, 9.17) is 13.9 Å². The lowest BCUT2D eigenvalue weighted by molar-refractivity contribution is -0.128. The van der Waals surface area contributed by atoms with E-state index in [9.17, 15) is 9.59 Å². The van der Waals surface area contributed by atoms with Gasteiger partial charge in [-0.15, -0.1) is 0 Å². The van der Waals surface area contributed by atoms with Crippen molar-refractivity contribution in [2.75, 3.05) is 6.61 Å². The first kappa shape index (κ1) is 15.8. The summed E-state index contributed by atoms with van der Waals surface area (Å²) in [5.41, 5.74) is 1.20. The smallest absolute Gasteiger partial charge is 0.293 e. The molecule has 0 saturated heterocycles. The largest absolute Gasteiger partial charge is 0.482 e. The van der Waals surface area contributed by atoms with E-state index in [1.807, 2.05) is 30.3 Å². The molecule has 3 aromatic rings. The van der Waals surface area contributed by atoms with Gasteiger partial charge in [-0.25, -0.2) is 0 Å². The summed E-state index contributed by atoms with van der Waals surface area (Å²) in [5, 5.41) is 0.459. The number of ether oxygens (including phenoxy) is 2. The van der Waals surface area contributed by atoms with Crippen molar-refractivity contribution in [2.45, 2.75) is 13.0 Å². The van der Waals surface area contributed by atoms with Crippen molar-refractivity contribution in [1.82, 2.24) is 0 Å². The molecule has 24 heavy (non-hydrogen) atoms. The molecule has 0 N–H and O–H groups in total. The number of rotatable bonds is 7. The first-order valence-electron chi connectivity index (χ1n) is 7.56. The molecule has 0 unspecified atom stereocenters. The van der Waals surface area contributed by atoms with Crippen LogP contribution in [-0.2, 0) is 22.6 Å². The zero-order chi connectivity index (χ0) is 16.8. The van der Waals surface area contributed by atoms with Gasteiger partial charge in [-0.3, -0.25) is 9.59 Å². The van der Waals surface area contributed by atoms with E-state index in [0.717, 1.165) is 5.56 Å². The molecule has 3 rings (SSSR count). The van der Waals surface area contributed by atoms with Crippen molar-refractivity contribution >= 4 is 17.4 Å². The summed E-state index contributed by atoms with van der Waals surface area (Å²) in [6.07, 6.45) is 0.267. The Hall–Kier alpha value is -3.08. The highest BCUT2D eigenvalue weighted by molar-refractivity contribution is 5.77. The van der Waals surface area contributed by atoms with Gasteiger partial charge in [0.05, 0.1) is 12.0 Å². The third-order valence-electron chi connectivity index (χ3n) is 3.57. The molecule has 5 heteroatoms. The molecule has 0 aliphatic heterocycles. The summed E-state index contributed by atoms with van der Waals surface area (Å²) in [6.45, 7) is 0.738. The zero-order valence-corrected chi connectivity index (χ0v) is 12.9. The van der Waals surface area contributed by atoms with Crippen LogP contribution in [0.5, 0.6) is 5.75 Å². The monoisotopic (exact) mass is 324 g/mol. The van der Waals surface area contributed by atoms with Crippen LogP contribution in [0.1, 0.15) is 11.3 Å². The fourth-order valence-electron chi connectivity index (χ4n) is 2.41. The lowest BCUT2D eigenvalue weighted by atomic mass is 10.2. The van der Waals surface area contributed by atoms with Crippen LogP contribution in [0, 0.1) is 0 Å². The van der Waals surface area contributed by atoms with Crippen LogP contribution in [0.15, 0.2) is 63.8 Å². The summed E-state index contributed by atoms with van der Waals surface area (Å²) in [6, 6.07) is 16.5. The van der Waals surface area contributed by atoms with Gasteiger partial charge in [0.1, 0.15) is 12.2 Å². The third kappa shape index (κ3) is 3.46. The van der Waals surface area contributed by atoms with E-state index in [1.54, 1.807) is 24.3 Å².